The summed E-state index contributed by atoms with van der Waals surface area (Å²) in [6.45, 7) is 4.79. The second-order valence-electron chi connectivity index (χ2n) is 22.9. The van der Waals surface area contributed by atoms with Crippen molar-refractivity contribution in [2.75, 3.05) is 4.90 Å². The van der Waals surface area contributed by atoms with Crippen molar-refractivity contribution < 1.29 is 0 Å². The molecule has 1 unspecified atom stereocenters. The van der Waals surface area contributed by atoms with E-state index in [0.717, 1.165) is 17.1 Å². The van der Waals surface area contributed by atoms with Crippen LogP contribution in [0.1, 0.15) is 81.0 Å². The van der Waals surface area contributed by atoms with E-state index in [4.69, 9.17) is 0 Å². The average molecular weight is 1000 g/mol. The molecule has 0 heterocycles. The zero-order valence-electron chi connectivity index (χ0n) is 44.1. The van der Waals surface area contributed by atoms with Gasteiger partial charge in [-0.2, -0.15) is 0 Å². The molecular formula is C78H53N. The molecule has 12 aromatic carbocycles. The van der Waals surface area contributed by atoms with Crippen LogP contribution in [0.2, 0.25) is 0 Å². The van der Waals surface area contributed by atoms with Gasteiger partial charge in [0.1, 0.15) is 0 Å². The highest BCUT2D eigenvalue weighted by Gasteiger charge is 2.67. The van der Waals surface area contributed by atoms with Crippen molar-refractivity contribution in [1.82, 2.24) is 0 Å². The van der Waals surface area contributed by atoms with E-state index in [9.17, 15) is 0 Å². The molecule has 0 N–H and O–H groups in total. The first-order valence-electron chi connectivity index (χ1n) is 28.0. The summed E-state index contributed by atoms with van der Waals surface area (Å²) >= 11 is 0. The van der Waals surface area contributed by atoms with Gasteiger partial charge in [-0.1, -0.05) is 257 Å². The summed E-state index contributed by atoms with van der Waals surface area (Å²) in [5.74, 6) is 0.211. The van der Waals surface area contributed by atoms with E-state index in [0.29, 0.717) is 0 Å². The lowest BCUT2D eigenvalue weighted by Crippen LogP contribution is -2.58. The minimum atomic E-state index is -0.675. The number of anilines is 3. The predicted octanol–water partition coefficient (Wildman–Crippen LogP) is 19.6. The molecule has 17 rings (SSSR count). The number of hydrogen-bond acceptors (Lipinski definition) is 1. The van der Waals surface area contributed by atoms with Crippen molar-refractivity contribution in [2.45, 2.75) is 36.0 Å². The Kier molecular flexibility index (Phi) is 9.16. The van der Waals surface area contributed by atoms with Gasteiger partial charge in [0.05, 0.1) is 16.5 Å². The second-order valence-corrected chi connectivity index (χ2v) is 22.9. The Labute approximate surface area is 462 Å². The summed E-state index contributed by atoms with van der Waals surface area (Å²) in [5, 5.41) is 0. The zero-order valence-corrected chi connectivity index (χ0v) is 44.1. The first-order chi connectivity index (χ1) is 39.0. The Morgan fingerprint density at radius 1 is 0.278 bits per heavy atom. The quantitative estimate of drug-likeness (QED) is 0.166. The Balaban J connectivity index is 0.926. The zero-order chi connectivity index (χ0) is 52.2. The van der Waals surface area contributed by atoms with Crippen molar-refractivity contribution >= 4 is 17.1 Å². The van der Waals surface area contributed by atoms with Gasteiger partial charge < -0.3 is 4.90 Å². The first kappa shape index (κ1) is 44.6. The molecule has 12 aromatic rings. The standard InChI is InChI=1S/C78H53N/c1-76(2)65-31-14-8-24-55(65)60-46-44-53(48-72(60)76)79(52-42-39-49(40-43-52)51-41-45-62-64(47-51)54-23-6-7-29-61(54)74(62)50-21-4-3-5-22-50)73-38-20-37-71-75(73)63-30-13-19-36-70(63)77-66-32-15-9-25-56(66)58-27-11-17-34-68(58)78(71,77)69-35-18-12-28-59(69)57-26-10-16-33-67(57)77/h3-48,74H,1-2H3. The van der Waals surface area contributed by atoms with Crippen LogP contribution in [0.25, 0.3) is 66.8 Å². The molecule has 370 valence electrons. The van der Waals surface area contributed by atoms with Crippen LogP contribution in [-0.2, 0) is 16.2 Å². The summed E-state index contributed by atoms with van der Waals surface area (Å²) in [6, 6.07) is 107. The van der Waals surface area contributed by atoms with E-state index in [-0.39, 0.29) is 11.3 Å². The molecule has 0 saturated heterocycles. The lowest BCUT2D eigenvalue weighted by atomic mass is 9.38. The summed E-state index contributed by atoms with van der Waals surface area (Å²) < 4.78 is 0. The van der Waals surface area contributed by atoms with E-state index < -0.39 is 10.8 Å². The van der Waals surface area contributed by atoms with Crippen molar-refractivity contribution in [3.63, 3.8) is 0 Å². The van der Waals surface area contributed by atoms with Gasteiger partial charge in [0.25, 0.3) is 0 Å². The highest BCUT2D eigenvalue weighted by atomic mass is 15.1. The summed E-state index contributed by atoms with van der Waals surface area (Å²) in [6.07, 6.45) is 0. The Morgan fingerprint density at radius 3 is 1.32 bits per heavy atom. The molecule has 0 aliphatic heterocycles. The first-order valence-corrected chi connectivity index (χ1v) is 28.0. The second kappa shape index (κ2) is 16.2. The topological polar surface area (TPSA) is 3.24 Å². The van der Waals surface area contributed by atoms with Crippen LogP contribution in [0.5, 0.6) is 0 Å². The van der Waals surface area contributed by atoms with Gasteiger partial charge in [-0.25, -0.2) is 0 Å². The largest absolute Gasteiger partial charge is 0.310 e. The molecule has 0 aromatic heterocycles. The fraction of sp³-hybridized carbons (Fsp3) is 0.0769. The molecule has 5 aliphatic rings. The lowest BCUT2D eigenvalue weighted by molar-refractivity contribution is 0.405. The normalized spacial score (nSPS) is 18.3. The smallest absolute Gasteiger partial charge is 0.0648 e. The van der Waals surface area contributed by atoms with Gasteiger partial charge in [-0.3, -0.25) is 0 Å². The van der Waals surface area contributed by atoms with Crippen molar-refractivity contribution in [3.05, 3.63) is 340 Å². The van der Waals surface area contributed by atoms with E-state index in [1.54, 1.807) is 0 Å². The van der Waals surface area contributed by atoms with Gasteiger partial charge in [-0.15, -0.1) is 0 Å². The van der Waals surface area contributed by atoms with E-state index in [2.05, 4.69) is 298 Å². The maximum atomic E-state index is 2.58. The summed E-state index contributed by atoms with van der Waals surface area (Å²) in [5.41, 5.74) is 32.1. The molecule has 0 amide bonds. The average Bonchev–Trinajstić information content (AvgIpc) is 1.61. The fourth-order valence-corrected chi connectivity index (χ4v) is 16.1. The van der Waals surface area contributed by atoms with Crippen molar-refractivity contribution in [1.29, 1.82) is 0 Å². The molecule has 0 bridgehead atoms. The van der Waals surface area contributed by atoms with Crippen molar-refractivity contribution in [2.24, 2.45) is 0 Å². The summed E-state index contributed by atoms with van der Waals surface area (Å²) in [7, 11) is 0. The molecule has 0 radical (unpaired) electrons. The maximum absolute atomic E-state index is 2.58. The monoisotopic (exact) mass is 1000 g/mol. The number of benzene rings is 12. The molecular weight excluding hydrogens is 951 g/mol. The SMILES string of the molecule is CC1(C)c2ccccc2-c2ccc(N(c3ccc(-c4ccc5c(c4)-c4ccccc4C5c4ccccc4)cc3)c3cccc4c3-c3ccccc3C35c6ccccc6-c6ccccc6C43c3ccccc3-c3ccccc35)cc21. The van der Waals surface area contributed by atoms with Gasteiger partial charge in [-0.05, 0) is 159 Å². The Hall–Kier alpha value is -9.56. The van der Waals surface area contributed by atoms with Crippen LogP contribution >= 0.6 is 0 Å². The fourth-order valence-electron chi connectivity index (χ4n) is 16.1. The number of rotatable bonds is 5. The van der Waals surface area contributed by atoms with Crippen molar-refractivity contribution in [3.8, 4) is 66.8 Å². The molecule has 1 atom stereocenters. The van der Waals surface area contributed by atoms with Crippen LogP contribution in [0.15, 0.2) is 279 Å². The van der Waals surface area contributed by atoms with Crippen LogP contribution in [0.4, 0.5) is 17.1 Å². The number of nitrogens with zero attached hydrogens (tertiary/aromatic N) is 1. The highest BCUT2D eigenvalue weighted by molar-refractivity contribution is 6.03. The third-order valence-corrected chi connectivity index (χ3v) is 19.1. The van der Waals surface area contributed by atoms with E-state index >= 15 is 0 Å². The number of fused-ring (bicyclic) bond motifs is 15. The highest BCUT2D eigenvalue weighted by Crippen LogP contribution is 2.74. The predicted molar refractivity (Wildman–Crippen MR) is 326 cm³/mol. The van der Waals surface area contributed by atoms with Crippen LogP contribution in [0, 0.1) is 0 Å². The molecule has 0 saturated carbocycles. The summed E-state index contributed by atoms with van der Waals surface area (Å²) in [4.78, 5) is 2.58. The minimum Gasteiger partial charge on any atom is -0.310 e. The van der Waals surface area contributed by atoms with Crippen LogP contribution in [-0.4, -0.2) is 0 Å². The molecule has 0 fully saturated rings. The van der Waals surface area contributed by atoms with Gasteiger partial charge in [0.2, 0.25) is 0 Å². The number of hydrogen-bond donors (Lipinski definition) is 0. The van der Waals surface area contributed by atoms with Gasteiger partial charge in [0, 0.05) is 28.3 Å². The Bertz CT molecular complexity index is 4440. The molecule has 79 heavy (non-hydrogen) atoms. The molecule has 0 spiro atoms. The Morgan fingerprint density at radius 2 is 0.709 bits per heavy atom. The minimum absolute atomic E-state index is 0.192. The maximum Gasteiger partial charge on any atom is 0.0648 e. The van der Waals surface area contributed by atoms with E-state index in [1.165, 1.54) is 128 Å². The van der Waals surface area contributed by atoms with Gasteiger partial charge >= 0.3 is 0 Å². The molecule has 1 nitrogen and oxygen atoms in total. The third kappa shape index (κ3) is 5.69. The van der Waals surface area contributed by atoms with E-state index in [1.807, 2.05) is 0 Å². The third-order valence-electron chi connectivity index (χ3n) is 19.1. The van der Waals surface area contributed by atoms with Crippen LogP contribution < -0.4 is 4.90 Å². The molecule has 1 heteroatoms. The van der Waals surface area contributed by atoms with Crippen LogP contribution in [0.3, 0.4) is 0 Å². The van der Waals surface area contributed by atoms with Gasteiger partial charge in [0.15, 0.2) is 0 Å². The molecule has 5 aliphatic carbocycles. The lowest BCUT2D eigenvalue weighted by Gasteiger charge is -2.62.